The third-order valence-corrected chi connectivity index (χ3v) is 5.56. The first-order valence-corrected chi connectivity index (χ1v) is 10.4. The largest absolute Gasteiger partial charge is 0.369 e. The summed E-state index contributed by atoms with van der Waals surface area (Å²) in [6, 6.07) is 11.2. The van der Waals surface area contributed by atoms with Gasteiger partial charge in [-0.25, -0.2) is 0 Å². The number of benzene rings is 1. The lowest BCUT2D eigenvalue weighted by atomic mass is 9.99. The number of nitrogens with zero attached hydrogens (tertiary/aromatic N) is 3. The number of aromatic nitrogens is 1. The van der Waals surface area contributed by atoms with Gasteiger partial charge in [0.05, 0.1) is 12.2 Å². The van der Waals surface area contributed by atoms with Crippen LogP contribution in [-0.4, -0.2) is 37.3 Å². The van der Waals surface area contributed by atoms with E-state index in [0.717, 1.165) is 49.8 Å². The molecule has 6 heteroatoms. The van der Waals surface area contributed by atoms with Crippen molar-refractivity contribution in [2.24, 2.45) is 4.99 Å². The van der Waals surface area contributed by atoms with Crippen LogP contribution in [0, 0.1) is 6.92 Å². The smallest absolute Gasteiger partial charge is 0.191 e. The highest BCUT2D eigenvalue weighted by molar-refractivity contribution is 5.80. The van der Waals surface area contributed by atoms with Gasteiger partial charge in [-0.3, -0.25) is 4.99 Å². The summed E-state index contributed by atoms with van der Waals surface area (Å²) < 4.78 is 5.50. The van der Waals surface area contributed by atoms with Gasteiger partial charge < -0.3 is 20.1 Å². The van der Waals surface area contributed by atoms with Gasteiger partial charge >= 0.3 is 0 Å². The van der Waals surface area contributed by atoms with E-state index in [9.17, 15) is 0 Å². The van der Waals surface area contributed by atoms with Gasteiger partial charge in [0.25, 0.3) is 0 Å². The summed E-state index contributed by atoms with van der Waals surface area (Å²) in [7, 11) is 1.80. The second-order valence-electron chi connectivity index (χ2n) is 7.57. The molecule has 1 saturated heterocycles. The SMILES string of the molecule is CCC(CC)c1cc(CNC(=NC)NC2CCN(c3ccc(C)cc3)C2)on1. The fraction of sp³-hybridized carbons (Fsp3) is 0.545. The average molecular weight is 384 g/mol. The maximum Gasteiger partial charge on any atom is 0.191 e. The van der Waals surface area contributed by atoms with Crippen molar-refractivity contribution in [3.8, 4) is 0 Å². The molecular weight excluding hydrogens is 350 g/mol. The molecule has 1 atom stereocenters. The van der Waals surface area contributed by atoms with E-state index in [2.05, 4.69) is 76.8 Å². The van der Waals surface area contributed by atoms with Crippen LogP contribution in [0.1, 0.15) is 56.0 Å². The van der Waals surface area contributed by atoms with E-state index in [4.69, 9.17) is 4.52 Å². The Hall–Kier alpha value is -2.50. The molecule has 0 amide bonds. The van der Waals surface area contributed by atoms with E-state index in [0.29, 0.717) is 18.5 Å². The quantitative estimate of drug-likeness (QED) is 0.562. The van der Waals surface area contributed by atoms with Crippen LogP contribution < -0.4 is 15.5 Å². The molecule has 3 rings (SSSR count). The molecule has 0 spiro atoms. The second-order valence-corrected chi connectivity index (χ2v) is 7.57. The highest BCUT2D eigenvalue weighted by Gasteiger charge is 2.23. The molecule has 1 aromatic carbocycles. The van der Waals surface area contributed by atoms with Crippen molar-refractivity contribution in [2.75, 3.05) is 25.0 Å². The molecule has 1 fully saturated rings. The molecule has 0 radical (unpaired) electrons. The van der Waals surface area contributed by atoms with Crippen LogP contribution in [-0.2, 0) is 6.54 Å². The van der Waals surface area contributed by atoms with Crippen LogP contribution in [0.15, 0.2) is 39.8 Å². The van der Waals surface area contributed by atoms with Gasteiger partial charge in [0, 0.05) is 43.9 Å². The minimum absolute atomic E-state index is 0.377. The van der Waals surface area contributed by atoms with Gasteiger partial charge in [0.15, 0.2) is 11.7 Å². The number of rotatable bonds is 7. The second kappa shape index (κ2) is 9.62. The van der Waals surface area contributed by atoms with Crippen LogP contribution in [0.3, 0.4) is 0 Å². The fourth-order valence-corrected chi connectivity index (χ4v) is 3.74. The number of nitrogens with one attached hydrogen (secondary N) is 2. The maximum atomic E-state index is 5.50. The lowest BCUT2D eigenvalue weighted by Gasteiger charge is -2.20. The molecule has 2 N–H and O–H groups in total. The number of anilines is 1. The zero-order valence-electron chi connectivity index (χ0n) is 17.5. The first-order valence-electron chi connectivity index (χ1n) is 10.4. The van der Waals surface area contributed by atoms with Crippen LogP contribution in [0.5, 0.6) is 0 Å². The van der Waals surface area contributed by atoms with Crippen molar-refractivity contribution in [3.05, 3.63) is 47.3 Å². The zero-order valence-corrected chi connectivity index (χ0v) is 17.5. The molecule has 152 valence electrons. The van der Waals surface area contributed by atoms with Crippen molar-refractivity contribution >= 4 is 11.6 Å². The molecule has 2 aromatic rings. The maximum absolute atomic E-state index is 5.50. The van der Waals surface area contributed by atoms with E-state index >= 15 is 0 Å². The predicted molar refractivity (Wildman–Crippen MR) is 115 cm³/mol. The molecule has 1 aliphatic rings. The molecule has 0 bridgehead atoms. The summed E-state index contributed by atoms with van der Waals surface area (Å²) in [5, 5.41) is 11.1. The summed E-state index contributed by atoms with van der Waals surface area (Å²) in [6.45, 7) is 9.11. The van der Waals surface area contributed by atoms with E-state index < -0.39 is 0 Å². The van der Waals surface area contributed by atoms with Crippen molar-refractivity contribution in [2.45, 2.75) is 58.5 Å². The summed E-state index contributed by atoms with van der Waals surface area (Å²) in [4.78, 5) is 6.78. The fourth-order valence-electron chi connectivity index (χ4n) is 3.74. The Morgan fingerprint density at radius 1 is 1.29 bits per heavy atom. The normalized spacial score (nSPS) is 17.4. The highest BCUT2D eigenvalue weighted by Crippen LogP contribution is 2.22. The topological polar surface area (TPSA) is 65.7 Å². The van der Waals surface area contributed by atoms with Crippen molar-refractivity contribution < 1.29 is 4.52 Å². The van der Waals surface area contributed by atoms with Gasteiger partial charge in [0.1, 0.15) is 0 Å². The van der Waals surface area contributed by atoms with Gasteiger partial charge in [-0.15, -0.1) is 0 Å². The van der Waals surface area contributed by atoms with Crippen molar-refractivity contribution in [1.82, 2.24) is 15.8 Å². The number of aryl methyl sites for hydroxylation is 1. The third kappa shape index (κ3) is 5.06. The molecule has 0 saturated carbocycles. The first kappa shape index (κ1) is 20.2. The summed E-state index contributed by atoms with van der Waals surface area (Å²) in [5.41, 5.74) is 3.63. The number of hydrogen-bond donors (Lipinski definition) is 2. The average Bonchev–Trinajstić information content (AvgIpc) is 3.37. The van der Waals surface area contributed by atoms with E-state index in [-0.39, 0.29) is 0 Å². The number of aliphatic imine (C=N–C) groups is 1. The minimum Gasteiger partial charge on any atom is -0.369 e. The minimum atomic E-state index is 0.377. The van der Waals surface area contributed by atoms with Crippen LogP contribution in [0.25, 0.3) is 0 Å². The number of guanidine groups is 1. The van der Waals surface area contributed by atoms with E-state index in [1.54, 1.807) is 7.05 Å². The Bertz CT molecular complexity index is 763. The molecule has 1 unspecified atom stereocenters. The number of hydrogen-bond acceptors (Lipinski definition) is 4. The first-order chi connectivity index (χ1) is 13.6. The van der Waals surface area contributed by atoms with Crippen LogP contribution >= 0.6 is 0 Å². The molecule has 0 aliphatic carbocycles. The molecule has 28 heavy (non-hydrogen) atoms. The summed E-state index contributed by atoms with van der Waals surface area (Å²) in [6.07, 6.45) is 3.26. The van der Waals surface area contributed by atoms with Crippen molar-refractivity contribution in [1.29, 1.82) is 0 Å². The van der Waals surface area contributed by atoms with E-state index in [1.165, 1.54) is 11.3 Å². The van der Waals surface area contributed by atoms with E-state index in [1.807, 2.05) is 0 Å². The van der Waals surface area contributed by atoms with Gasteiger partial charge in [-0.1, -0.05) is 36.7 Å². The van der Waals surface area contributed by atoms with Crippen LogP contribution in [0.4, 0.5) is 5.69 Å². The lowest BCUT2D eigenvalue weighted by Crippen LogP contribution is -2.44. The Labute approximate surface area is 168 Å². The van der Waals surface area contributed by atoms with Crippen molar-refractivity contribution in [3.63, 3.8) is 0 Å². The Morgan fingerprint density at radius 3 is 2.71 bits per heavy atom. The molecule has 6 nitrogen and oxygen atoms in total. The molecule has 1 aliphatic heterocycles. The Kier molecular flexibility index (Phi) is 6.95. The molecule has 1 aromatic heterocycles. The van der Waals surface area contributed by atoms with Crippen LogP contribution in [0.2, 0.25) is 0 Å². The predicted octanol–water partition coefficient (Wildman–Crippen LogP) is 3.83. The third-order valence-electron chi connectivity index (χ3n) is 5.56. The summed E-state index contributed by atoms with van der Waals surface area (Å²) >= 11 is 0. The highest BCUT2D eigenvalue weighted by atomic mass is 16.5. The van der Waals surface area contributed by atoms with Gasteiger partial charge in [-0.2, -0.15) is 0 Å². The Morgan fingerprint density at radius 2 is 2.04 bits per heavy atom. The lowest BCUT2D eigenvalue weighted by molar-refractivity contribution is 0.368. The Balaban J connectivity index is 1.49. The standard InChI is InChI=1S/C22H33N5O/c1-5-17(6-2)21-13-20(28-26-21)14-24-22(23-4)25-18-11-12-27(15-18)19-9-7-16(3)8-10-19/h7-10,13,17-18H,5-6,11-12,14-15H2,1-4H3,(H2,23,24,25). The monoisotopic (exact) mass is 383 g/mol. The van der Waals surface area contributed by atoms with Gasteiger partial charge in [-0.05, 0) is 38.3 Å². The molecule has 2 heterocycles. The summed E-state index contributed by atoms with van der Waals surface area (Å²) in [5.74, 6) is 2.12. The molecular formula is C22H33N5O. The zero-order chi connectivity index (χ0) is 19.9. The van der Waals surface area contributed by atoms with Gasteiger partial charge in [0.2, 0.25) is 0 Å².